The van der Waals surface area contributed by atoms with Crippen LogP contribution in [0.1, 0.15) is 16.7 Å². The minimum absolute atomic E-state index is 0.0913. The van der Waals surface area contributed by atoms with Gasteiger partial charge in [-0.2, -0.15) is 15.0 Å². The number of amides is 1. The van der Waals surface area contributed by atoms with Crippen LogP contribution in [0.15, 0.2) is 78.9 Å². The number of nitrogens with zero attached hydrogens (tertiary/aromatic N) is 3. The summed E-state index contributed by atoms with van der Waals surface area (Å²) >= 11 is 0. The Morgan fingerprint density at radius 2 is 1.43 bits per heavy atom. The highest BCUT2D eigenvalue weighted by Crippen LogP contribution is 2.18. The molecule has 0 unspecified atom stereocenters. The summed E-state index contributed by atoms with van der Waals surface area (Å²) in [6.07, 6.45) is 1.04. The number of nitrogens with one attached hydrogen (secondary N) is 4. The smallest absolute Gasteiger partial charge is 0.233 e. The fourth-order valence-corrected chi connectivity index (χ4v) is 4.13. The first-order valence-corrected chi connectivity index (χ1v) is 14.6. The maximum absolute atomic E-state index is 13.6. The molecule has 3 aromatic carbocycles. The fourth-order valence-electron chi connectivity index (χ4n) is 4.13. The van der Waals surface area contributed by atoms with Crippen LogP contribution in [0.25, 0.3) is 0 Å². The lowest BCUT2D eigenvalue weighted by Gasteiger charge is -2.12. The average Bonchev–Trinajstić information content (AvgIpc) is 3.03. The molecule has 0 spiro atoms. The molecule has 0 saturated heterocycles. The van der Waals surface area contributed by atoms with Crippen molar-refractivity contribution in [2.75, 3.05) is 62.0 Å². The maximum atomic E-state index is 13.6. The minimum Gasteiger partial charge on any atom is -0.378 e. The molecule has 0 saturated carbocycles. The van der Waals surface area contributed by atoms with E-state index in [0.717, 1.165) is 23.2 Å². The molecular weight excluding hydrogens is 563 g/mol. The number of halogens is 1. The SMILES string of the molecule is NCCOCCOCCNC(=O)Cc1ccc(Nc2nc(NCCc3ccccc3)nc(NCc3cccc(F)c3)n2)cc1. The van der Waals surface area contributed by atoms with Crippen molar-refractivity contribution >= 4 is 29.4 Å². The van der Waals surface area contributed by atoms with Gasteiger partial charge in [0.1, 0.15) is 5.82 Å². The predicted octanol–water partition coefficient (Wildman–Crippen LogP) is 3.67. The highest BCUT2D eigenvalue weighted by atomic mass is 19.1. The third kappa shape index (κ3) is 11.9. The topological polar surface area (TPSA) is 148 Å². The lowest BCUT2D eigenvalue weighted by Crippen LogP contribution is -2.29. The van der Waals surface area contributed by atoms with Gasteiger partial charge >= 0.3 is 0 Å². The number of hydrogen-bond acceptors (Lipinski definition) is 10. The van der Waals surface area contributed by atoms with Crippen molar-refractivity contribution < 1.29 is 18.7 Å². The summed E-state index contributed by atoms with van der Waals surface area (Å²) < 4.78 is 24.3. The van der Waals surface area contributed by atoms with Gasteiger partial charge in [-0.05, 0) is 47.4 Å². The number of anilines is 4. The fraction of sp³-hybridized carbons (Fsp3) is 0.312. The van der Waals surface area contributed by atoms with E-state index in [1.165, 1.54) is 17.7 Å². The standard InChI is InChI=1S/C32H39FN8O3/c33-27-8-4-7-26(21-27)23-37-31-39-30(36-15-13-24-5-2-1-3-6-24)40-32(41-31)38-28-11-9-25(10-12-28)22-29(42)35-16-18-44-20-19-43-17-14-34/h1-12,21H,13-20,22-23,34H2,(H,35,42)(H3,36,37,38,39,40,41). The van der Waals surface area contributed by atoms with Gasteiger partial charge < -0.3 is 36.5 Å². The van der Waals surface area contributed by atoms with Crippen LogP contribution in [0.5, 0.6) is 0 Å². The van der Waals surface area contributed by atoms with E-state index >= 15 is 0 Å². The van der Waals surface area contributed by atoms with Crippen molar-refractivity contribution in [2.24, 2.45) is 5.73 Å². The number of aromatic nitrogens is 3. The molecule has 12 heteroatoms. The van der Waals surface area contributed by atoms with E-state index in [4.69, 9.17) is 15.2 Å². The largest absolute Gasteiger partial charge is 0.378 e. The van der Waals surface area contributed by atoms with Gasteiger partial charge in [-0.25, -0.2) is 4.39 Å². The molecule has 6 N–H and O–H groups in total. The average molecular weight is 603 g/mol. The summed E-state index contributed by atoms with van der Waals surface area (Å²) in [6, 6.07) is 23.9. The Bertz CT molecular complexity index is 1430. The Morgan fingerprint density at radius 3 is 2.18 bits per heavy atom. The van der Waals surface area contributed by atoms with E-state index in [9.17, 15) is 9.18 Å². The summed E-state index contributed by atoms with van der Waals surface area (Å²) in [5.41, 5.74) is 8.93. The minimum atomic E-state index is -0.305. The Balaban J connectivity index is 1.31. The molecule has 4 rings (SSSR count). The van der Waals surface area contributed by atoms with Crippen LogP contribution in [0.4, 0.5) is 27.9 Å². The Kier molecular flexibility index (Phi) is 13.3. The summed E-state index contributed by atoms with van der Waals surface area (Å²) in [5, 5.41) is 12.5. The molecule has 232 valence electrons. The second-order valence-corrected chi connectivity index (χ2v) is 9.81. The van der Waals surface area contributed by atoms with Crippen LogP contribution in [0, 0.1) is 5.82 Å². The van der Waals surface area contributed by atoms with E-state index in [2.05, 4.69) is 48.4 Å². The molecule has 0 bridgehead atoms. The lowest BCUT2D eigenvalue weighted by atomic mass is 10.1. The van der Waals surface area contributed by atoms with Crippen LogP contribution in [0.2, 0.25) is 0 Å². The van der Waals surface area contributed by atoms with Gasteiger partial charge in [-0.15, -0.1) is 0 Å². The maximum Gasteiger partial charge on any atom is 0.233 e. The van der Waals surface area contributed by atoms with Gasteiger partial charge in [0.05, 0.1) is 32.8 Å². The van der Waals surface area contributed by atoms with Crippen LogP contribution in [-0.2, 0) is 33.7 Å². The molecule has 0 aliphatic rings. The van der Waals surface area contributed by atoms with Crippen molar-refractivity contribution in [1.29, 1.82) is 0 Å². The number of rotatable bonds is 19. The zero-order valence-corrected chi connectivity index (χ0v) is 24.6. The lowest BCUT2D eigenvalue weighted by molar-refractivity contribution is -0.120. The molecule has 0 aliphatic carbocycles. The van der Waals surface area contributed by atoms with Crippen molar-refractivity contribution in [3.8, 4) is 0 Å². The molecule has 1 amide bonds. The van der Waals surface area contributed by atoms with Gasteiger partial charge in [-0.3, -0.25) is 4.79 Å². The summed E-state index contributed by atoms with van der Waals surface area (Å²) in [5.74, 6) is 0.685. The first kappa shape index (κ1) is 32.3. The summed E-state index contributed by atoms with van der Waals surface area (Å²) in [7, 11) is 0. The number of benzene rings is 3. The summed E-state index contributed by atoms with van der Waals surface area (Å²) in [6.45, 7) is 3.74. The first-order valence-electron chi connectivity index (χ1n) is 14.6. The normalized spacial score (nSPS) is 10.8. The van der Waals surface area contributed by atoms with Crippen LogP contribution >= 0.6 is 0 Å². The third-order valence-corrected chi connectivity index (χ3v) is 6.29. The molecule has 0 aliphatic heterocycles. The zero-order valence-electron chi connectivity index (χ0n) is 24.6. The van der Waals surface area contributed by atoms with Crippen molar-refractivity contribution in [1.82, 2.24) is 20.3 Å². The highest BCUT2D eigenvalue weighted by molar-refractivity contribution is 5.78. The van der Waals surface area contributed by atoms with Gasteiger partial charge in [0, 0.05) is 31.9 Å². The first-order chi connectivity index (χ1) is 21.6. The molecule has 0 atom stereocenters. The summed E-state index contributed by atoms with van der Waals surface area (Å²) in [4.78, 5) is 25.9. The molecule has 1 heterocycles. The van der Waals surface area contributed by atoms with E-state index in [0.29, 0.717) is 70.5 Å². The molecule has 44 heavy (non-hydrogen) atoms. The van der Waals surface area contributed by atoms with E-state index in [1.54, 1.807) is 6.07 Å². The molecule has 11 nitrogen and oxygen atoms in total. The van der Waals surface area contributed by atoms with Crippen molar-refractivity contribution in [2.45, 2.75) is 19.4 Å². The van der Waals surface area contributed by atoms with E-state index in [-0.39, 0.29) is 18.1 Å². The molecule has 0 fully saturated rings. The zero-order chi connectivity index (χ0) is 30.8. The van der Waals surface area contributed by atoms with Crippen LogP contribution in [0.3, 0.4) is 0 Å². The number of carbonyl (C=O) groups excluding carboxylic acids is 1. The number of nitrogens with two attached hydrogens (primary N) is 1. The van der Waals surface area contributed by atoms with E-state index in [1.807, 2.05) is 48.5 Å². The van der Waals surface area contributed by atoms with Gasteiger partial charge in [0.25, 0.3) is 0 Å². The molecule has 4 aromatic rings. The Labute approximate surface area is 256 Å². The van der Waals surface area contributed by atoms with Crippen LogP contribution < -0.4 is 27.0 Å². The number of carbonyl (C=O) groups is 1. The van der Waals surface area contributed by atoms with Crippen molar-refractivity contribution in [3.63, 3.8) is 0 Å². The monoisotopic (exact) mass is 602 g/mol. The van der Waals surface area contributed by atoms with Gasteiger partial charge in [0.15, 0.2) is 0 Å². The second kappa shape index (κ2) is 18.1. The Hall–Kier alpha value is -4.65. The number of hydrogen-bond donors (Lipinski definition) is 5. The third-order valence-electron chi connectivity index (χ3n) is 6.29. The van der Waals surface area contributed by atoms with Gasteiger partial charge in [0.2, 0.25) is 23.8 Å². The molecule has 1 aromatic heterocycles. The van der Waals surface area contributed by atoms with Crippen molar-refractivity contribution in [3.05, 3.63) is 101 Å². The molecule has 0 radical (unpaired) electrons. The quantitative estimate of drug-likeness (QED) is 0.101. The molecular formula is C32H39FN8O3. The predicted molar refractivity (Wildman–Crippen MR) is 169 cm³/mol. The van der Waals surface area contributed by atoms with Gasteiger partial charge in [-0.1, -0.05) is 54.6 Å². The van der Waals surface area contributed by atoms with E-state index < -0.39 is 0 Å². The highest BCUT2D eigenvalue weighted by Gasteiger charge is 2.09. The van der Waals surface area contributed by atoms with Crippen LogP contribution in [-0.4, -0.2) is 66.9 Å². The Morgan fingerprint density at radius 1 is 0.727 bits per heavy atom. The second-order valence-electron chi connectivity index (χ2n) is 9.81. The number of ether oxygens (including phenoxy) is 2.